The number of ether oxygens (including phenoxy) is 1. The molecule has 1 aliphatic heterocycles. The predicted molar refractivity (Wildman–Crippen MR) is 80.9 cm³/mol. The van der Waals surface area contributed by atoms with E-state index in [1.54, 1.807) is 0 Å². The Morgan fingerprint density at radius 3 is 2.95 bits per heavy atom. The summed E-state index contributed by atoms with van der Waals surface area (Å²) in [5.74, 6) is 0.814. The Morgan fingerprint density at radius 2 is 2.19 bits per heavy atom. The molecule has 1 atom stereocenters. The van der Waals surface area contributed by atoms with Crippen molar-refractivity contribution < 1.29 is 9.26 Å². The van der Waals surface area contributed by atoms with Gasteiger partial charge in [-0.3, -0.25) is 4.90 Å². The number of rotatable bonds is 5. The number of likely N-dealkylation sites (N-methyl/N-ethyl adjacent to an activating group) is 1. The van der Waals surface area contributed by atoms with Gasteiger partial charge in [0.15, 0.2) is 5.76 Å². The Hall–Kier alpha value is -1.69. The molecule has 0 aliphatic carbocycles. The van der Waals surface area contributed by atoms with Gasteiger partial charge in [-0.1, -0.05) is 35.5 Å². The molecular weight excluding hydrogens is 266 g/mol. The van der Waals surface area contributed by atoms with Crippen molar-refractivity contribution in [2.24, 2.45) is 0 Å². The van der Waals surface area contributed by atoms with E-state index in [2.05, 4.69) is 22.4 Å². The lowest BCUT2D eigenvalue weighted by Gasteiger charge is -2.27. The third-order valence-electron chi connectivity index (χ3n) is 3.57. The molecule has 5 nitrogen and oxygen atoms in total. The van der Waals surface area contributed by atoms with E-state index in [9.17, 15) is 0 Å². The number of aromatic nitrogens is 1. The molecule has 0 radical (unpaired) electrons. The summed E-state index contributed by atoms with van der Waals surface area (Å²) >= 11 is 0. The molecule has 0 saturated carbocycles. The van der Waals surface area contributed by atoms with Gasteiger partial charge in [0.05, 0.1) is 18.4 Å². The molecule has 3 rings (SSSR count). The van der Waals surface area contributed by atoms with Crippen molar-refractivity contribution >= 4 is 0 Å². The Labute approximate surface area is 124 Å². The second kappa shape index (κ2) is 6.85. The Balaban J connectivity index is 1.56. The van der Waals surface area contributed by atoms with Gasteiger partial charge in [-0.2, -0.15) is 0 Å². The van der Waals surface area contributed by atoms with Crippen molar-refractivity contribution in [2.75, 3.05) is 33.3 Å². The maximum Gasteiger partial charge on any atom is 0.167 e. The maximum atomic E-state index is 5.71. The molecule has 2 heterocycles. The lowest BCUT2D eigenvalue weighted by molar-refractivity contribution is 0.00856. The minimum atomic E-state index is 0.254. The Morgan fingerprint density at radius 1 is 1.33 bits per heavy atom. The van der Waals surface area contributed by atoms with E-state index in [1.807, 2.05) is 36.4 Å². The van der Waals surface area contributed by atoms with Gasteiger partial charge in [0.1, 0.15) is 0 Å². The molecule has 112 valence electrons. The van der Waals surface area contributed by atoms with Crippen LogP contribution >= 0.6 is 0 Å². The maximum absolute atomic E-state index is 5.71. The van der Waals surface area contributed by atoms with Gasteiger partial charge in [0, 0.05) is 37.8 Å². The summed E-state index contributed by atoms with van der Waals surface area (Å²) in [6.45, 7) is 4.31. The van der Waals surface area contributed by atoms with Gasteiger partial charge < -0.3 is 14.6 Å². The highest BCUT2D eigenvalue weighted by Crippen LogP contribution is 2.20. The fourth-order valence-electron chi connectivity index (χ4n) is 2.55. The van der Waals surface area contributed by atoms with E-state index >= 15 is 0 Å². The van der Waals surface area contributed by atoms with Crippen LogP contribution in [0.1, 0.15) is 5.69 Å². The van der Waals surface area contributed by atoms with Gasteiger partial charge in [0.2, 0.25) is 0 Å². The third-order valence-corrected chi connectivity index (χ3v) is 3.57. The monoisotopic (exact) mass is 287 g/mol. The lowest BCUT2D eigenvalue weighted by atomic mass is 10.1. The largest absolute Gasteiger partial charge is 0.374 e. The number of hydrogen-bond acceptors (Lipinski definition) is 5. The minimum Gasteiger partial charge on any atom is -0.374 e. The number of benzene rings is 1. The van der Waals surface area contributed by atoms with Gasteiger partial charge in [-0.25, -0.2) is 0 Å². The summed E-state index contributed by atoms with van der Waals surface area (Å²) in [6, 6.07) is 12.0. The number of nitrogens with zero attached hydrogens (tertiary/aromatic N) is 2. The molecule has 5 heteroatoms. The van der Waals surface area contributed by atoms with E-state index in [1.165, 1.54) is 0 Å². The summed E-state index contributed by atoms with van der Waals surface area (Å²) in [4.78, 5) is 2.21. The van der Waals surface area contributed by atoms with E-state index < -0.39 is 0 Å². The van der Waals surface area contributed by atoms with Crippen LogP contribution in [0.15, 0.2) is 40.9 Å². The zero-order chi connectivity index (χ0) is 14.5. The lowest BCUT2D eigenvalue weighted by Crippen LogP contribution is -2.44. The van der Waals surface area contributed by atoms with Crippen LogP contribution in [0.3, 0.4) is 0 Å². The SMILES string of the molecule is CN(Cc1cc(-c2ccccc2)on1)CC1CNCCO1. The molecule has 0 bridgehead atoms. The van der Waals surface area contributed by atoms with Crippen molar-refractivity contribution in [2.45, 2.75) is 12.6 Å². The van der Waals surface area contributed by atoms with E-state index in [4.69, 9.17) is 9.26 Å². The standard InChI is InChI=1S/C16H21N3O2/c1-19(12-15-10-17-7-8-20-15)11-14-9-16(21-18-14)13-5-3-2-4-6-13/h2-6,9,15,17H,7-8,10-12H2,1H3. The van der Waals surface area contributed by atoms with Crippen LogP contribution in [0, 0.1) is 0 Å². The molecule has 1 fully saturated rings. The molecule has 0 amide bonds. The normalized spacial score (nSPS) is 19.0. The first-order valence-corrected chi connectivity index (χ1v) is 7.33. The molecule has 1 saturated heterocycles. The molecule has 0 spiro atoms. The predicted octanol–water partition coefficient (Wildman–Crippen LogP) is 1.76. The number of morpholine rings is 1. The first kappa shape index (κ1) is 14.3. The second-order valence-corrected chi connectivity index (χ2v) is 5.44. The van der Waals surface area contributed by atoms with Crippen LogP contribution in [0.5, 0.6) is 0 Å². The fraction of sp³-hybridized carbons (Fsp3) is 0.438. The highest BCUT2D eigenvalue weighted by atomic mass is 16.5. The third kappa shape index (κ3) is 3.91. The summed E-state index contributed by atoms with van der Waals surface area (Å²) in [7, 11) is 2.08. The zero-order valence-corrected chi connectivity index (χ0v) is 12.3. The quantitative estimate of drug-likeness (QED) is 0.908. The number of nitrogens with one attached hydrogen (secondary N) is 1. The molecule has 2 aromatic rings. The zero-order valence-electron chi connectivity index (χ0n) is 12.3. The fourth-order valence-corrected chi connectivity index (χ4v) is 2.55. The summed E-state index contributed by atoms with van der Waals surface area (Å²) in [5.41, 5.74) is 2.00. The Kier molecular flexibility index (Phi) is 4.65. The van der Waals surface area contributed by atoms with Crippen LogP contribution in [0.25, 0.3) is 11.3 Å². The summed E-state index contributed by atoms with van der Waals surface area (Å²) < 4.78 is 11.1. The van der Waals surface area contributed by atoms with E-state index in [0.717, 1.165) is 49.8 Å². The van der Waals surface area contributed by atoms with Crippen LogP contribution < -0.4 is 5.32 Å². The Bertz CT molecular complexity index is 550. The highest BCUT2D eigenvalue weighted by Gasteiger charge is 2.16. The van der Waals surface area contributed by atoms with Crippen molar-refractivity contribution in [3.8, 4) is 11.3 Å². The molecule has 1 N–H and O–H groups in total. The summed E-state index contributed by atoms with van der Waals surface area (Å²) in [5, 5.41) is 7.50. The topological polar surface area (TPSA) is 50.5 Å². The van der Waals surface area contributed by atoms with E-state index in [-0.39, 0.29) is 6.10 Å². The molecular formula is C16H21N3O2. The second-order valence-electron chi connectivity index (χ2n) is 5.44. The average Bonchev–Trinajstić information content (AvgIpc) is 2.97. The van der Waals surface area contributed by atoms with Gasteiger partial charge in [-0.05, 0) is 7.05 Å². The smallest absolute Gasteiger partial charge is 0.167 e. The molecule has 1 unspecified atom stereocenters. The molecule has 1 aliphatic rings. The van der Waals surface area contributed by atoms with Crippen molar-refractivity contribution in [1.29, 1.82) is 0 Å². The van der Waals surface area contributed by atoms with E-state index in [0.29, 0.717) is 0 Å². The van der Waals surface area contributed by atoms with Crippen LogP contribution in [-0.2, 0) is 11.3 Å². The summed E-state index contributed by atoms with van der Waals surface area (Å²) in [6.07, 6.45) is 0.254. The van der Waals surface area contributed by atoms with Crippen molar-refractivity contribution in [1.82, 2.24) is 15.4 Å². The first-order valence-electron chi connectivity index (χ1n) is 7.33. The van der Waals surface area contributed by atoms with Gasteiger partial charge >= 0.3 is 0 Å². The van der Waals surface area contributed by atoms with Crippen molar-refractivity contribution in [3.05, 3.63) is 42.1 Å². The molecule has 1 aromatic heterocycles. The van der Waals surface area contributed by atoms with Gasteiger partial charge in [0.25, 0.3) is 0 Å². The minimum absolute atomic E-state index is 0.254. The first-order chi connectivity index (χ1) is 10.3. The number of hydrogen-bond donors (Lipinski definition) is 1. The van der Waals surface area contributed by atoms with Crippen LogP contribution in [0.2, 0.25) is 0 Å². The van der Waals surface area contributed by atoms with Crippen LogP contribution in [-0.4, -0.2) is 49.4 Å². The highest BCUT2D eigenvalue weighted by molar-refractivity contribution is 5.56. The molecule has 21 heavy (non-hydrogen) atoms. The average molecular weight is 287 g/mol. The van der Waals surface area contributed by atoms with Crippen molar-refractivity contribution in [3.63, 3.8) is 0 Å². The molecule has 1 aromatic carbocycles. The van der Waals surface area contributed by atoms with Crippen LogP contribution in [0.4, 0.5) is 0 Å². The van der Waals surface area contributed by atoms with Gasteiger partial charge in [-0.15, -0.1) is 0 Å².